The minimum Gasteiger partial charge on any atom is -0.332 e. The summed E-state index contributed by atoms with van der Waals surface area (Å²) in [6.45, 7) is 14.0. The summed E-state index contributed by atoms with van der Waals surface area (Å²) in [5.74, 6) is 0. The van der Waals surface area contributed by atoms with E-state index in [1.54, 1.807) is 5.20 Å². The molecule has 4 heteroatoms. The minimum absolute atomic E-state index is 0. The van der Waals surface area contributed by atoms with Crippen LogP contribution in [0.25, 0.3) is 0 Å². The predicted octanol–water partition coefficient (Wildman–Crippen LogP) is 2.10. The molecule has 1 radical (unpaired) electrons. The maximum absolute atomic E-state index is 4.83. The summed E-state index contributed by atoms with van der Waals surface area (Å²) < 4.78 is 4.83. The zero-order chi connectivity index (χ0) is 9.52. The summed E-state index contributed by atoms with van der Waals surface area (Å²) in [4.78, 5) is 0. The van der Waals surface area contributed by atoms with Gasteiger partial charge in [-0.3, -0.25) is 0 Å². The summed E-state index contributed by atoms with van der Waals surface area (Å²) in [5, 5.41) is 1.69. The van der Waals surface area contributed by atoms with Gasteiger partial charge in [0.25, 0.3) is 0 Å². The van der Waals surface area contributed by atoms with Crippen LogP contribution in [0.2, 0.25) is 19.6 Å². The molecule has 1 aliphatic rings. The standard InChI is InChI=1S/C9H19NSi2.Li/c1-7-8(2)10-11(4)12(5,6)9(7)3;/h11H,1-6H3;. The molecule has 0 saturated carbocycles. The van der Waals surface area contributed by atoms with Crippen LogP contribution >= 0.6 is 0 Å². The van der Waals surface area contributed by atoms with Crippen LogP contribution in [0.3, 0.4) is 0 Å². The Hall–Kier alpha value is 0.441. The molecule has 0 bridgehead atoms. The Balaban J connectivity index is 0.00000144. The van der Waals surface area contributed by atoms with Crippen molar-refractivity contribution >= 4 is 40.6 Å². The largest absolute Gasteiger partial charge is 0.332 e. The Labute approximate surface area is 96.4 Å². The van der Waals surface area contributed by atoms with E-state index in [0.29, 0.717) is 0 Å². The molecule has 0 N–H and O–H groups in total. The summed E-state index contributed by atoms with van der Waals surface area (Å²) in [7, 11) is -1.86. The van der Waals surface area contributed by atoms with E-state index in [-0.39, 0.29) is 18.9 Å². The number of hydrogen-bond acceptors (Lipinski definition) is 1. The van der Waals surface area contributed by atoms with E-state index in [1.165, 1.54) is 11.3 Å². The molecule has 0 amide bonds. The monoisotopic (exact) mass is 204 g/mol. The Morgan fingerprint density at radius 2 is 1.62 bits per heavy atom. The molecule has 0 aromatic rings. The van der Waals surface area contributed by atoms with Gasteiger partial charge in [-0.05, 0) is 26.3 Å². The average molecular weight is 204 g/mol. The first-order chi connectivity index (χ1) is 5.37. The first-order valence-electron chi connectivity index (χ1n) is 4.60. The summed E-state index contributed by atoms with van der Waals surface area (Å²) >= 11 is 0. The zero-order valence-corrected chi connectivity index (χ0v) is 12.2. The van der Waals surface area contributed by atoms with Crippen LogP contribution in [0.5, 0.6) is 0 Å². The molecule has 1 nitrogen and oxygen atoms in total. The SMILES string of the molecule is CC1=N[SiH](C)[Si](C)(C)C(C)=C1C.[Li]. The van der Waals surface area contributed by atoms with Crippen molar-refractivity contribution in [2.24, 2.45) is 4.66 Å². The van der Waals surface area contributed by atoms with Crippen LogP contribution in [-0.4, -0.2) is 40.6 Å². The Morgan fingerprint density at radius 3 is 2.08 bits per heavy atom. The van der Waals surface area contributed by atoms with E-state index in [4.69, 9.17) is 4.66 Å². The van der Waals surface area contributed by atoms with Gasteiger partial charge in [-0.15, -0.1) is 0 Å². The Morgan fingerprint density at radius 1 is 1.15 bits per heavy atom. The number of rotatable bonds is 0. The topological polar surface area (TPSA) is 12.4 Å². The maximum atomic E-state index is 4.83. The number of allylic oxidation sites excluding steroid dienone is 2. The second-order valence-electron chi connectivity index (χ2n) is 4.36. The molecule has 0 aromatic heterocycles. The predicted molar refractivity (Wildman–Crippen MR) is 67.7 cm³/mol. The van der Waals surface area contributed by atoms with Crippen molar-refractivity contribution in [1.82, 2.24) is 0 Å². The van der Waals surface area contributed by atoms with Gasteiger partial charge >= 0.3 is 0 Å². The first-order valence-corrected chi connectivity index (χ1v) is 11.1. The number of nitrogens with zero attached hydrogens (tertiary/aromatic N) is 1. The van der Waals surface area contributed by atoms with Crippen LogP contribution < -0.4 is 0 Å². The van der Waals surface area contributed by atoms with Crippen molar-refractivity contribution in [2.75, 3.05) is 0 Å². The smallest absolute Gasteiger partial charge is 0.157 e. The summed E-state index contributed by atoms with van der Waals surface area (Å²) in [6, 6.07) is 0. The quantitative estimate of drug-likeness (QED) is 0.536. The van der Waals surface area contributed by atoms with Crippen LogP contribution in [0.15, 0.2) is 15.4 Å². The summed E-state index contributed by atoms with van der Waals surface area (Å²) in [5.41, 5.74) is 2.77. The number of hydrogen-bond donors (Lipinski definition) is 0. The van der Waals surface area contributed by atoms with Crippen molar-refractivity contribution in [1.29, 1.82) is 0 Å². The molecule has 0 aromatic carbocycles. The van der Waals surface area contributed by atoms with Gasteiger partial charge in [-0.2, -0.15) is 0 Å². The molecule has 0 fully saturated rings. The molecule has 0 spiro atoms. The van der Waals surface area contributed by atoms with E-state index in [2.05, 4.69) is 40.4 Å². The van der Waals surface area contributed by atoms with Crippen molar-refractivity contribution < 1.29 is 0 Å². The third kappa shape index (κ3) is 2.27. The molecule has 1 aliphatic heterocycles. The molecule has 0 aliphatic carbocycles. The summed E-state index contributed by atoms with van der Waals surface area (Å²) in [6.07, 6.45) is 0. The van der Waals surface area contributed by atoms with Gasteiger partial charge < -0.3 is 4.66 Å². The van der Waals surface area contributed by atoms with Gasteiger partial charge in [0.1, 0.15) is 0 Å². The molecule has 1 heterocycles. The molecule has 13 heavy (non-hydrogen) atoms. The second-order valence-corrected chi connectivity index (χ2v) is 17.0. The fraction of sp³-hybridized carbons (Fsp3) is 0.667. The minimum atomic E-state index is -1.07. The van der Waals surface area contributed by atoms with E-state index in [0.717, 1.165) is 0 Å². The molecule has 69 valence electrons. The van der Waals surface area contributed by atoms with E-state index < -0.39 is 16.1 Å². The normalized spacial score (nSPS) is 26.6. The molecule has 1 unspecified atom stereocenters. The molecule has 1 rings (SSSR count). The third-order valence-electron chi connectivity index (χ3n) is 3.50. The van der Waals surface area contributed by atoms with Gasteiger partial charge in [0.05, 0.1) is 7.59 Å². The van der Waals surface area contributed by atoms with E-state index >= 15 is 0 Å². The van der Waals surface area contributed by atoms with Gasteiger partial charge in [0.15, 0.2) is 8.48 Å². The average Bonchev–Trinajstić information content (AvgIpc) is 1.99. The van der Waals surface area contributed by atoms with Crippen LogP contribution in [0.4, 0.5) is 0 Å². The molecule has 0 saturated heterocycles. The molecule has 1 atom stereocenters. The van der Waals surface area contributed by atoms with E-state index in [9.17, 15) is 0 Å². The Kier molecular flexibility index (Phi) is 4.46. The van der Waals surface area contributed by atoms with Crippen molar-refractivity contribution in [3.63, 3.8) is 0 Å². The fourth-order valence-electron chi connectivity index (χ4n) is 1.62. The maximum Gasteiger partial charge on any atom is 0.157 e. The van der Waals surface area contributed by atoms with Crippen LogP contribution in [0.1, 0.15) is 20.8 Å². The van der Waals surface area contributed by atoms with Crippen molar-refractivity contribution in [3.8, 4) is 0 Å². The van der Waals surface area contributed by atoms with Crippen molar-refractivity contribution in [2.45, 2.75) is 40.4 Å². The zero-order valence-electron chi connectivity index (χ0n) is 10.0. The Bertz CT molecular complexity index is 269. The van der Waals surface area contributed by atoms with Gasteiger partial charge in [-0.1, -0.05) is 24.8 Å². The van der Waals surface area contributed by atoms with Gasteiger partial charge in [0, 0.05) is 24.6 Å². The van der Waals surface area contributed by atoms with Crippen LogP contribution in [0, 0.1) is 0 Å². The van der Waals surface area contributed by atoms with Crippen LogP contribution in [-0.2, 0) is 0 Å². The second kappa shape index (κ2) is 4.31. The van der Waals surface area contributed by atoms with E-state index in [1.807, 2.05) is 0 Å². The van der Waals surface area contributed by atoms with Gasteiger partial charge in [-0.25, -0.2) is 0 Å². The molecular weight excluding hydrogens is 185 g/mol. The van der Waals surface area contributed by atoms with Gasteiger partial charge in [0.2, 0.25) is 0 Å². The first kappa shape index (κ1) is 13.4. The third-order valence-corrected chi connectivity index (χ3v) is 16.6. The molecular formula is C9H19LiNSi2. The van der Waals surface area contributed by atoms with Crippen molar-refractivity contribution in [3.05, 3.63) is 10.8 Å². The fourth-order valence-corrected chi connectivity index (χ4v) is 8.57.